The number of rotatable bonds is 6. The maximum absolute atomic E-state index is 13.2. The van der Waals surface area contributed by atoms with E-state index in [2.05, 4.69) is 42.0 Å². The summed E-state index contributed by atoms with van der Waals surface area (Å²) in [6, 6.07) is 6.71. The Morgan fingerprint density at radius 3 is 2.31 bits per heavy atom. The zero-order chi connectivity index (χ0) is 24.4. The van der Waals surface area contributed by atoms with Crippen molar-refractivity contribution in [3.8, 4) is 0 Å². The summed E-state index contributed by atoms with van der Waals surface area (Å²) >= 11 is 0. The molecule has 5 heterocycles. The Hall–Kier alpha value is -3.89. The van der Waals surface area contributed by atoms with Gasteiger partial charge >= 0.3 is 0 Å². The van der Waals surface area contributed by atoms with Crippen LogP contribution < -0.4 is 20.0 Å². The number of nitrogens with zero attached hydrogens (tertiary/aromatic N) is 7. The van der Waals surface area contributed by atoms with Crippen LogP contribution >= 0.6 is 0 Å². The van der Waals surface area contributed by atoms with Crippen molar-refractivity contribution in [1.29, 1.82) is 0 Å². The van der Waals surface area contributed by atoms with Gasteiger partial charge in [0.25, 0.3) is 5.91 Å². The number of amides is 1. The monoisotopic (exact) mass is 480 g/mol. The molecule has 3 aromatic rings. The van der Waals surface area contributed by atoms with Crippen LogP contribution in [0.3, 0.4) is 0 Å². The average molecular weight is 481 g/mol. The Labute approximate surface area is 201 Å². The highest BCUT2D eigenvalue weighted by Crippen LogP contribution is 2.24. The summed E-state index contributed by atoms with van der Waals surface area (Å²) < 4.78 is 25.8. The number of hydrogen-bond donors (Lipinski definition) is 1. The number of anilines is 4. The molecule has 2 aliphatic heterocycles. The number of alkyl halides is 1. The standard InChI is InChI=1S/C24H26F2N8O/c1-16-13-32(6-7-34(16)22-5-3-19(26)10-29-22)23-12-27-20(11-30-23)31-24(35)18-2-4-21(28-9-18)33-14-17(8-25)15-33/h2-5,9-12,16-17H,6-8,13-15H2,1H3,(H,27,31,35)/t16-/m0/s1. The molecule has 9 nitrogen and oxygen atoms in total. The van der Waals surface area contributed by atoms with Crippen LogP contribution in [-0.2, 0) is 0 Å². The molecule has 0 saturated carbocycles. The van der Waals surface area contributed by atoms with Crippen molar-refractivity contribution in [1.82, 2.24) is 19.9 Å². The molecule has 5 rings (SSSR count). The first-order valence-electron chi connectivity index (χ1n) is 11.5. The quantitative estimate of drug-likeness (QED) is 0.576. The van der Waals surface area contributed by atoms with Gasteiger partial charge < -0.3 is 20.0 Å². The predicted molar refractivity (Wildman–Crippen MR) is 129 cm³/mol. The lowest BCUT2D eigenvalue weighted by Gasteiger charge is -2.41. The van der Waals surface area contributed by atoms with Crippen molar-refractivity contribution in [3.05, 3.63) is 60.4 Å². The molecule has 3 aromatic heterocycles. The summed E-state index contributed by atoms with van der Waals surface area (Å²) in [5.74, 6) is 1.94. The van der Waals surface area contributed by atoms with Gasteiger partial charge in [0.05, 0.1) is 30.8 Å². The third-order valence-corrected chi connectivity index (χ3v) is 6.35. The lowest BCUT2D eigenvalue weighted by Crippen LogP contribution is -2.52. The number of piperazine rings is 1. The van der Waals surface area contributed by atoms with Gasteiger partial charge in [0.2, 0.25) is 0 Å². The number of pyridine rings is 2. The molecule has 2 fully saturated rings. The van der Waals surface area contributed by atoms with Gasteiger partial charge in [-0.15, -0.1) is 0 Å². The lowest BCUT2D eigenvalue weighted by molar-refractivity contribution is 0.102. The first-order chi connectivity index (χ1) is 17.0. The minimum Gasteiger partial charge on any atom is -0.356 e. The highest BCUT2D eigenvalue weighted by molar-refractivity contribution is 6.03. The van der Waals surface area contributed by atoms with E-state index in [1.54, 1.807) is 24.4 Å². The first-order valence-corrected chi connectivity index (χ1v) is 11.5. The Kier molecular flexibility index (Phi) is 6.39. The number of aromatic nitrogens is 4. The summed E-state index contributed by atoms with van der Waals surface area (Å²) in [6.07, 6.45) is 5.91. The lowest BCUT2D eigenvalue weighted by atomic mass is 10.0. The Morgan fingerprint density at radius 1 is 0.914 bits per heavy atom. The average Bonchev–Trinajstić information content (AvgIpc) is 2.85. The maximum Gasteiger partial charge on any atom is 0.258 e. The minimum atomic E-state index is -0.352. The third kappa shape index (κ3) is 4.98. The number of carbonyl (C=O) groups excluding carboxylic acids is 1. The normalized spacial score (nSPS) is 18.4. The molecule has 0 aromatic carbocycles. The number of carbonyl (C=O) groups is 1. The Bertz CT molecular complexity index is 1150. The van der Waals surface area contributed by atoms with Gasteiger partial charge in [-0.1, -0.05) is 0 Å². The second kappa shape index (κ2) is 9.77. The van der Waals surface area contributed by atoms with Crippen LogP contribution in [0.1, 0.15) is 17.3 Å². The SMILES string of the molecule is C[C@H]1CN(c2cnc(NC(=O)c3ccc(N4CC(CF)C4)nc3)cn2)CCN1c1ccc(F)cn1. The van der Waals surface area contributed by atoms with Gasteiger partial charge in [0, 0.05) is 50.9 Å². The van der Waals surface area contributed by atoms with E-state index in [4.69, 9.17) is 0 Å². The van der Waals surface area contributed by atoms with Gasteiger partial charge in [-0.05, 0) is 31.2 Å². The van der Waals surface area contributed by atoms with Crippen LogP contribution in [0.5, 0.6) is 0 Å². The second-order valence-corrected chi connectivity index (χ2v) is 8.87. The fourth-order valence-corrected chi connectivity index (χ4v) is 4.34. The van der Waals surface area contributed by atoms with E-state index < -0.39 is 0 Å². The Morgan fingerprint density at radius 2 is 1.69 bits per heavy atom. The molecule has 1 atom stereocenters. The number of hydrogen-bond acceptors (Lipinski definition) is 8. The fourth-order valence-electron chi connectivity index (χ4n) is 4.34. The highest BCUT2D eigenvalue weighted by atomic mass is 19.1. The van der Waals surface area contributed by atoms with Gasteiger partial charge in [-0.25, -0.2) is 24.3 Å². The molecule has 2 saturated heterocycles. The van der Waals surface area contributed by atoms with E-state index >= 15 is 0 Å². The maximum atomic E-state index is 13.2. The van der Waals surface area contributed by atoms with Gasteiger partial charge in [0.1, 0.15) is 23.3 Å². The highest BCUT2D eigenvalue weighted by Gasteiger charge is 2.28. The molecule has 182 valence electrons. The van der Waals surface area contributed by atoms with Crippen LogP contribution in [0.15, 0.2) is 49.1 Å². The molecule has 0 bridgehead atoms. The molecule has 11 heteroatoms. The van der Waals surface area contributed by atoms with Crippen LogP contribution in [0.2, 0.25) is 0 Å². The van der Waals surface area contributed by atoms with Gasteiger partial charge in [-0.3, -0.25) is 9.18 Å². The van der Waals surface area contributed by atoms with E-state index in [0.29, 0.717) is 43.4 Å². The molecule has 0 spiro atoms. The second-order valence-electron chi connectivity index (χ2n) is 8.87. The molecule has 1 N–H and O–H groups in total. The molecular formula is C24H26F2N8O. The van der Waals surface area contributed by atoms with E-state index in [1.807, 2.05) is 4.90 Å². The summed E-state index contributed by atoms with van der Waals surface area (Å²) in [4.78, 5) is 36.1. The summed E-state index contributed by atoms with van der Waals surface area (Å²) in [5, 5.41) is 2.74. The van der Waals surface area contributed by atoms with Crippen LogP contribution in [0.25, 0.3) is 0 Å². The first kappa shape index (κ1) is 22.9. The molecule has 0 aliphatic carbocycles. The van der Waals surface area contributed by atoms with E-state index in [0.717, 1.165) is 18.2 Å². The molecule has 35 heavy (non-hydrogen) atoms. The molecule has 0 radical (unpaired) electrons. The van der Waals surface area contributed by atoms with Crippen molar-refractivity contribution in [2.75, 3.05) is 59.4 Å². The van der Waals surface area contributed by atoms with Crippen molar-refractivity contribution in [3.63, 3.8) is 0 Å². The zero-order valence-electron chi connectivity index (χ0n) is 19.3. The third-order valence-electron chi connectivity index (χ3n) is 6.35. The van der Waals surface area contributed by atoms with Gasteiger partial charge in [0.15, 0.2) is 5.82 Å². The molecule has 0 unspecified atom stereocenters. The van der Waals surface area contributed by atoms with Crippen LogP contribution in [0.4, 0.5) is 32.1 Å². The Balaban J connectivity index is 1.16. The van der Waals surface area contributed by atoms with Crippen molar-refractivity contribution in [2.24, 2.45) is 5.92 Å². The zero-order valence-corrected chi connectivity index (χ0v) is 19.3. The van der Waals surface area contributed by atoms with E-state index in [-0.39, 0.29) is 30.4 Å². The van der Waals surface area contributed by atoms with Crippen molar-refractivity contribution < 1.29 is 13.6 Å². The summed E-state index contributed by atoms with van der Waals surface area (Å²) in [6.45, 7) is 5.20. The van der Waals surface area contributed by atoms with Crippen LogP contribution in [0, 0.1) is 11.7 Å². The fraction of sp³-hybridized carbons (Fsp3) is 0.375. The smallest absolute Gasteiger partial charge is 0.258 e. The van der Waals surface area contributed by atoms with E-state index in [1.165, 1.54) is 24.7 Å². The molecule has 1 amide bonds. The summed E-state index contributed by atoms with van der Waals surface area (Å²) in [7, 11) is 0. The number of halogens is 2. The summed E-state index contributed by atoms with van der Waals surface area (Å²) in [5.41, 5.74) is 0.404. The topological polar surface area (TPSA) is 90.4 Å². The van der Waals surface area contributed by atoms with Gasteiger partial charge in [-0.2, -0.15) is 0 Å². The van der Waals surface area contributed by atoms with Crippen molar-refractivity contribution in [2.45, 2.75) is 13.0 Å². The van der Waals surface area contributed by atoms with Crippen molar-refractivity contribution >= 4 is 29.2 Å². The minimum absolute atomic E-state index is 0.0696. The van der Waals surface area contributed by atoms with E-state index in [9.17, 15) is 13.6 Å². The largest absolute Gasteiger partial charge is 0.356 e. The predicted octanol–water partition coefficient (Wildman–Crippen LogP) is 2.78. The number of nitrogens with one attached hydrogen (secondary N) is 1. The van der Waals surface area contributed by atoms with Crippen LogP contribution in [-0.4, -0.2) is 71.3 Å². The molecular weight excluding hydrogens is 454 g/mol. The molecule has 2 aliphatic rings.